The Morgan fingerprint density at radius 3 is 2.67 bits per heavy atom. The molecule has 1 aliphatic carbocycles. The van der Waals surface area contributed by atoms with Gasteiger partial charge in [-0.25, -0.2) is 9.18 Å². The monoisotopic (exact) mass is 526 g/mol. The van der Waals surface area contributed by atoms with Crippen molar-refractivity contribution in [3.05, 3.63) is 34.6 Å². The third kappa shape index (κ3) is 6.91. The molecule has 4 atom stereocenters. The summed E-state index contributed by atoms with van der Waals surface area (Å²) in [6, 6.07) is 4.35. The highest BCUT2D eigenvalue weighted by atomic mass is 35.5. The molecule has 1 aromatic rings. The maximum Gasteiger partial charge on any atom is 0.407 e. The van der Waals surface area contributed by atoms with Crippen molar-refractivity contribution < 1.29 is 24.1 Å². The maximum atomic E-state index is 15.5. The predicted octanol–water partition coefficient (Wildman–Crippen LogP) is 6.05. The van der Waals surface area contributed by atoms with E-state index in [4.69, 9.17) is 16.3 Å². The van der Waals surface area contributed by atoms with Gasteiger partial charge in [0.05, 0.1) is 10.6 Å². The van der Waals surface area contributed by atoms with Crippen LogP contribution in [-0.4, -0.2) is 61.1 Å². The van der Waals surface area contributed by atoms with Crippen LogP contribution >= 0.6 is 11.6 Å². The average Bonchev–Trinajstić information content (AvgIpc) is 2.88. The first-order valence-corrected chi connectivity index (χ1v) is 14.0. The van der Waals surface area contributed by atoms with E-state index in [2.05, 4.69) is 5.32 Å². The van der Waals surface area contributed by atoms with Crippen LogP contribution in [0.5, 0.6) is 0 Å². The van der Waals surface area contributed by atoms with Crippen molar-refractivity contribution in [2.24, 2.45) is 17.8 Å². The molecule has 8 heteroatoms. The molecule has 2 aliphatic rings. The number of benzene rings is 1. The van der Waals surface area contributed by atoms with Crippen molar-refractivity contribution in [2.45, 2.75) is 82.3 Å². The number of methoxy groups -OCH3 is 1. The molecule has 1 unspecified atom stereocenters. The van der Waals surface area contributed by atoms with Gasteiger partial charge in [0.1, 0.15) is 5.82 Å². The van der Waals surface area contributed by atoms with Crippen molar-refractivity contribution in [3.8, 4) is 0 Å². The van der Waals surface area contributed by atoms with Crippen LogP contribution in [-0.2, 0) is 10.3 Å². The zero-order valence-corrected chi connectivity index (χ0v) is 22.6. The number of nitrogens with zero attached hydrogens (tertiary/aromatic N) is 1. The number of hydrogen-bond acceptors (Lipinski definition) is 4. The molecule has 1 heterocycles. The fourth-order valence-electron chi connectivity index (χ4n) is 6.80. The summed E-state index contributed by atoms with van der Waals surface area (Å²) in [6.07, 6.45) is 8.88. The van der Waals surface area contributed by atoms with Crippen LogP contribution in [0.1, 0.15) is 76.2 Å². The second-order valence-electron chi connectivity index (χ2n) is 10.7. The normalized spacial score (nSPS) is 23.9. The molecule has 2 fully saturated rings. The number of unbranched alkanes of at least 4 members (excludes halogenated alkanes) is 1. The van der Waals surface area contributed by atoms with E-state index < -0.39 is 29.5 Å². The Hall–Kier alpha value is -1.41. The number of halogens is 2. The molecule has 0 spiro atoms. The lowest BCUT2D eigenvalue weighted by molar-refractivity contribution is -0.0992. The van der Waals surface area contributed by atoms with Crippen molar-refractivity contribution >= 4 is 17.7 Å². The topological polar surface area (TPSA) is 82.0 Å². The highest BCUT2D eigenvalue weighted by molar-refractivity contribution is 6.30. The van der Waals surface area contributed by atoms with Crippen LogP contribution in [0.15, 0.2) is 18.2 Å². The SMILES string of the molecule is CNC[C@H](CC1CCCCC1)[C@@H]1C([C@@](O)(CCCCOC)c2cccc(Cl)c2F)CCCN1C(=O)O. The molecule has 0 bridgehead atoms. The molecule has 36 heavy (non-hydrogen) atoms. The van der Waals surface area contributed by atoms with Gasteiger partial charge in [-0.3, -0.25) is 0 Å². The van der Waals surface area contributed by atoms with Gasteiger partial charge in [-0.05, 0) is 70.0 Å². The number of likely N-dealkylation sites (tertiary alicyclic amines) is 1. The molecular formula is C28H44ClFN2O4. The molecule has 0 aromatic heterocycles. The van der Waals surface area contributed by atoms with Crippen molar-refractivity contribution in [3.63, 3.8) is 0 Å². The van der Waals surface area contributed by atoms with Gasteiger partial charge in [0, 0.05) is 37.8 Å². The number of piperidine rings is 1. The largest absolute Gasteiger partial charge is 0.465 e. The molecule has 1 aliphatic heterocycles. The minimum absolute atomic E-state index is 0.0206. The zero-order chi connectivity index (χ0) is 26.1. The number of amides is 1. The summed E-state index contributed by atoms with van der Waals surface area (Å²) in [7, 11) is 3.53. The van der Waals surface area contributed by atoms with Crippen LogP contribution < -0.4 is 5.32 Å². The van der Waals surface area contributed by atoms with E-state index in [1.807, 2.05) is 7.05 Å². The van der Waals surface area contributed by atoms with Crippen LogP contribution in [0.4, 0.5) is 9.18 Å². The molecule has 1 saturated carbocycles. The van der Waals surface area contributed by atoms with E-state index in [0.717, 1.165) is 25.7 Å². The number of carboxylic acid groups (broad SMARTS) is 1. The zero-order valence-electron chi connectivity index (χ0n) is 21.9. The summed E-state index contributed by atoms with van der Waals surface area (Å²) in [4.78, 5) is 14.0. The quantitative estimate of drug-likeness (QED) is 0.289. The molecule has 1 amide bonds. The second kappa shape index (κ2) is 13.9. The van der Waals surface area contributed by atoms with Gasteiger partial charge in [-0.1, -0.05) is 55.8 Å². The summed E-state index contributed by atoms with van der Waals surface area (Å²) in [5.74, 6) is -0.489. The molecule has 3 N–H and O–H groups in total. The summed E-state index contributed by atoms with van der Waals surface area (Å²) in [5, 5.41) is 25.9. The summed E-state index contributed by atoms with van der Waals surface area (Å²) >= 11 is 6.18. The van der Waals surface area contributed by atoms with Gasteiger partial charge in [0.2, 0.25) is 0 Å². The number of nitrogens with one attached hydrogen (secondary N) is 1. The van der Waals surface area contributed by atoms with Crippen molar-refractivity contribution in [2.75, 3.05) is 33.9 Å². The van der Waals surface area contributed by atoms with Crippen LogP contribution in [0.2, 0.25) is 5.02 Å². The first kappa shape index (κ1) is 29.2. The fraction of sp³-hybridized carbons (Fsp3) is 0.750. The highest BCUT2D eigenvalue weighted by Crippen LogP contribution is 2.47. The maximum absolute atomic E-state index is 15.5. The fourth-order valence-corrected chi connectivity index (χ4v) is 6.98. The summed E-state index contributed by atoms with van der Waals surface area (Å²) in [5.41, 5.74) is -1.37. The minimum atomic E-state index is -1.54. The van der Waals surface area contributed by atoms with Gasteiger partial charge in [0.15, 0.2) is 0 Å². The Bertz CT molecular complexity index is 838. The molecule has 0 radical (unpaired) electrons. The Kier molecular flexibility index (Phi) is 11.3. The van der Waals surface area contributed by atoms with E-state index in [0.29, 0.717) is 51.3 Å². The van der Waals surface area contributed by atoms with Gasteiger partial charge >= 0.3 is 6.09 Å². The number of hydrogen-bond donors (Lipinski definition) is 3. The standard InChI is InChI=1S/C28H44ClFN2O4/c1-31-19-21(18-20-10-4-3-5-11-20)26-23(13-9-16-32(26)27(33)34)28(35,15-6-7-17-36-2)22-12-8-14-24(29)25(22)30/h8,12,14,20-21,23,26,31,35H,3-7,9-11,13,15-19H2,1-2H3,(H,33,34)/t21-,23?,26+,28+/m0/s1. The van der Waals surface area contributed by atoms with E-state index >= 15 is 4.39 Å². The first-order chi connectivity index (χ1) is 17.3. The Labute approximate surface area is 220 Å². The smallest absolute Gasteiger partial charge is 0.407 e. The lowest BCUT2D eigenvalue weighted by Crippen LogP contribution is -2.59. The molecule has 3 rings (SSSR count). The number of rotatable bonds is 12. The van der Waals surface area contributed by atoms with Crippen LogP contribution in [0.25, 0.3) is 0 Å². The molecular weight excluding hydrogens is 483 g/mol. The Balaban J connectivity index is 2.04. The Morgan fingerprint density at radius 2 is 2.00 bits per heavy atom. The summed E-state index contributed by atoms with van der Waals surface area (Å²) in [6.45, 7) is 1.63. The number of carbonyl (C=O) groups is 1. The molecule has 204 valence electrons. The second-order valence-corrected chi connectivity index (χ2v) is 11.2. The van der Waals surface area contributed by atoms with Crippen molar-refractivity contribution in [1.29, 1.82) is 0 Å². The predicted molar refractivity (Wildman–Crippen MR) is 141 cm³/mol. The van der Waals surface area contributed by atoms with Crippen LogP contribution in [0, 0.1) is 23.6 Å². The third-order valence-electron chi connectivity index (χ3n) is 8.43. The van der Waals surface area contributed by atoms with E-state index in [1.165, 1.54) is 30.2 Å². The number of ether oxygens (including phenoxy) is 1. The lowest BCUT2D eigenvalue weighted by Gasteiger charge is -2.51. The average molecular weight is 527 g/mol. The molecule has 1 aromatic carbocycles. The van der Waals surface area contributed by atoms with E-state index in [1.54, 1.807) is 19.2 Å². The lowest BCUT2D eigenvalue weighted by atomic mass is 9.65. The van der Waals surface area contributed by atoms with Gasteiger partial charge in [-0.15, -0.1) is 0 Å². The highest BCUT2D eigenvalue weighted by Gasteiger charge is 2.51. The number of aliphatic hydroxyl groups is 1. The van der Waals surface area contributed by atoms with Crippen molar-refractivity contribution in [1.82, 2.24) is 10.2 Å². The van der Waals surface area contributed by atoms with Crippen LogP contribution in [0.3, 0.4) is 0 Å². The van der Waals surface area contributed by atoms with Gasteiger partial charge < -0.3 is 25.2 Å². The van der Waals surface area contributed by atoms with Gasteiger partial charge in [0.25, 0.3) is 0 Å². The van der Waals surface area contributed by atoms with Gasteiger partial charge in [-0.2, -0.15) is 0 Å². The third-order valence-corrected chi connectivity index (χ3v) is 8.72. The molecule has 1 saturated heterocycles. The summed E-state index contributed by atoms with van der Waals surface area (Å²) < 4.78 is 20.7. The molecule has 6 nitrogen and oxygen atoms in total. The van der Waals surface area contributed by atoms with E-state index in [-0.39, 0.29) is 16.5 Å². The van der Waals surface area contributed by atoms with E-state index in [9.17, 15) is 15.0 Å². The minimum Gasteiger partial charge on any atom is -0.465 e. The first-order valence-electron chi connectivity index (χ1n) is 13.6. The Morgan fingerprint density at radius 1 is 1.25 bits per heavy atom.